The van der Waals surface area contributed by atoms with Crippen LogP contribution >= 0.6 is 11.6 Å². The van der Waals surface area contributed by atoms with Crippen molar-refractivity contribution in [1.82, 2.24) is 14.8 Å². The highest BCUT2D eigenvalue weighted by molar-refractivity contribution is 6.31. The first-order chi connectivity index (χ1) is 12.7. The highest BCUT2D eigenvalue weighted by Crippen LogP contribution is 2.32. The molecule has 0 spiro atoms. The lowest BCUT2D eigenvalue weighted by Crippen LogP contribution is -2.14. The monoisotopic (exact) mass is 370 g/mol. The third-order valence-corrected chi connectivity index (χ3v) is 4.21. The topological polar surface area (TPSA) is 78.3 Å². The summed E-state index contributed by atoms with van der Waals surface area (Å²) in [7, 11) is 0. The van der Waals surface area contributed by atoms with Crippen molar-refractivity contribution in [3.63, 3.8) is 0 Å². The second-order valence-corrected chi connectivity index (χ2v) is 6.17. The van der Waals surface area contributed by atoms with E-state index in [2.05, 4.69) is 15.4 Å². The number of hydrogen-bond donors (Lipinski definition) is 1. The summed E-state index contributed by atoms with van der Waals surface area (Å²) in [5.41, 5.74) is 2.29. The number of halogens is 1. The predicted octanol–water partition coefficient (Wildman–Crippen LogP) is 3.22. The summed E-state index contributed by atoms with van der Waals surface area (Å²) in [4.78, 5) is 16.3. The van der Waals surface area contributed by atoms with Gasteiger partial charge in [0.15, 0.2) is 11.5 Å². The highest BCUT2D eigenvalue weighted by Gasteiger charge is 2.14. The predicted molar refractivity (Wildman–Crippen MR) is 95.9 cm³/mol. The SMILES string of the molecule is O=C(CCc1ccc2c(c1)OCO2)Nc1cc(Cl)ccc1-n1cncn1. The minimum Gasteiger partial charge on any atom is -0.454 e. The molecule has 1 aromatic heterocycles. The summed E-state index contributed by atoms with van der Waals surface area (Å²) in [6, 6.07) is 10.9. The average molecular weight is 371 g/mol. The van der Waals surface area contributed by atoms with Crippen LogP contribution in [-0.4, -0.2) is 27.5 Å². The fourth-order valence-corrected chi connectivity index (χ4v) is 2.88. The molecule has 1 aliphatic heterocycles. The van der Waals surface area contributed by atoms with Crippen LogP contribution in [0.25, 0.3) is 5.69 Å². The number of nitrogens with one attached hydrogen (secondary N) is 1. The number of hydrogen-bond acceptors (Lipinski definition) is 5. The summed E-state index contributed by atoms with van der Waals surface area (Å²) in [5, 5.41) is 7.52. The molecule has 0 radical (unpaired) electrons. The molecule has 3 aromatic rings. The normalized spacial score (nSPS) is 12.2. The first kappa shape index (κ1) is 16.4. The summed E-state index contributed by atoms with van der Waals surface area (Å²) in [6.07, 6.45) is 3.90. The van der Waals surface area contributed by atoms with E-state index in [4.69, 9.17) is 21.1 Å². The molecular formula is C18H15ClN4O3. The van der Waals surface area contributed by atoms with Crippen LogP contribution in [0.5, 0.6) is 11.5 Å². The Hall–Kier alpha value is -3.06. The molecule has 1 amide bonds. The van der Waals surface area contributed by atoms with Crippen LogP contribution in [-0.2, 0) is 11.2 Å². The van der Waals surface area contributed by atoms with Gasteiger partial charge >= 0.3 is 0 Å². The number of aryl methyl sites for hydroxylation is 1. The van der Waals surface area contributed by atoms with E-state index in [-0.39, 0.29) is 12.7 Å². The Morgan fingerprint density at radius 1 is 1.19 bits per heavy atom. The van der Waals surface area contributed by atoms with Crippen molar-refractivity contribution in [2.24, 2.45) is 0 Å². The zero-order valence-electron chi connectivity index (χ0n) is 13.7. The molecule has 26 heavy (non-hydrogen) atoms. The van der Waals surface area contributed by atoms with E-state index >= 15 is 0 Å². The van der Waals surface area contributed by atoms with Crippen molar-refractivity contribution in [2.45, 2.75) is 12.8 Å². The van der Waals surface area contributed by atoms with Gasteiger partial charge in [0, 0.05) is 11.4 Å². The van der Waals surface area contributed by atoms with Gasteiger partial charge in [-0.1, -0.05) is 17.7 Å². The van der Waals surface area contributed by atoms with Crippen LogP contribution in [0.4, 0.5) is 5.69 Å². The van der Waals surface area contributed by atoms with Crippen molar-refractivity contribution in [3.8, 4) is 17.2 Å². The number of nitrogens with zero attached hydrogens (tertiary/aromatic N) is 3. The Morgan fingerprint density at radius 2 is 2.08 bits per heavy atom. The maximum atomic E-state index is 12.4. The number of anilines is 1. The maximum absolute atomic E-state index is 12.4. The van der Waals surface area contributed by atoms with Crippen LogP contribution in [0.1, 0.15) is 12.0 Å². The molecule has 0 saturated carbocycles. The molecule has 7 nitrogen and oxygen atoms in total. The Labute approximate surface area is 154 Å². The first-order valence-electron chi connectivity index (χ1n) is 8.02. The van der Waals surface area contributed by atoms with Gasteiger partial charge in [0.05, 0.1) is 11.4 Å². The second kappa shape index (κ2) is 7.05. The van der Waals surface area contributed by atoms with Gasteiger partial charge in [-0.3, -0.25) is 4.79 Å². The first-order valence-corrected chi connectivity index (χ1v) is 8.40. The molecule has 0 atom stereocenters. The number of aromatic nitrogens is 3. The Balaban J connectivity index is 1.44. The van der Waals surface area contributed by atoms with Crippen LogP contribution < -0.4 is 14.8 Å². The van der Waals surface area contributed by atoms with Gasteiger partial charge in [0.1, 0.15) is 12.7 Å². The third kappa shape index (κ3) is 3.48. The molecule has 8 heteroatoms. The minimum absolute atomic E-state index is 0.119. The van der Waals surface area contributed by atoms with E-state index in [1.165, 1.54) is 6.33 Å². The molecule has 2 heterocycles. The molecule has 2 aromatic carbocycles. The van der Waals surface area contributed by atoms with Crippen LogP contribution in [0.15, 0.2) is 49.1 Å². The molecule has 4 rings (SSSR count). The zero-order chi connectivity index (χ0) is 17.9. The Kier molecular flexibility index (Phi) is 4.45. The highest BCUT2D eigenvalue weighted by atomic mass is 35.5. The smallest absolute Gasteiger partial charge is 0.231 e. The zero-order valence-corrected chi connectivity index (χ0v) is 14.4. The number of benzene rings is 2. The number of rotatable bonds is 5. The van der Waals surface area contributed by atoms with Crippen molar-refractivity contribution in [2.75, 3.05) is 12.1 Å². The molecular weight excluding hydrogens is 356 g/mol. The van der Waals surface area contributed by atoms with E-state index in [1.54, 1.807) is 29.2 Å². The largest absolute Gasteiger partial charge is 0.454 e. The summed E-state index contributed by atoms with van der Waals surface area (Å²) in [6.45, 7) is 0.235. The quantitative estimate of drug-likeness (QED) is 0.746. The van der Waals surface area contributed by atoms with Gasteiger partial charge in [-0.25, -0.2) is 9.67 Å². The fraction of sp³-hybridized carbons (Fsp3) is 0.167. The molecule has 0 unspecified atom stereocenters. The van der Waals surface area contributed by atoms with Crippen molar-refractivity contribution >= 4 is 23.2 Å². The van der Waals surface area contributed by atoms with E-state index in [9.17, 15) is 4.79 Å². The van der Waals surface area contributed by atoms with E-state index in [0.717, 1.165) is 11.3 Å². The number of fused-ring (bicyclic) bond motifs is 1. The van der Waals surface area contributed by atoms with Gasteiger partial charge in [0.2, 0.25) is 12.7 Å². The minimum atomic E-state index is -0.119. The van der Waals surface area contributed by atoms with Gasteiger partial charge in [-0.2, -0.15) is 5.10 Å². The lowest BCUT2D eigenvalue weighted by Gasteiger charge is -2.11. The van der Waals surface area contributed by atoms with Gasteiger partial charge in [-0.05, 0) is 42.3 Å². The molecule has 0 bridgehead atoms. The van der Waals surface area contributed by atoms with Crippen LogP contribution in [0, 0.1) is 0 Å². The summed E-state index contributed by atoms with van der Waals surface area (Å²) in [5.74, 6) is 1.33. The van der Waals surface area contributed by atoms with Crippen LogP contribution in [0.3, 0.4) is 0 Å². The van der Waals surface area contributed by atoms with Crippen LogP contribution in [0.2, 0.25) is 5.02 Å². The number of carbonyl (C=O) groups excluding carboxylic acids is 1. The maximum Gasteiger partial charge on any atom is 0.231 e. The summed E-state index contributed by atoms with van der Waals surface area (Å²) >= 11 is 6.07. The fourth-order valence-electron chi connectivity index (χ4n) is 2.71. The number of amides is 1. The van der Waals surface area contributed by atoms with Crippen molar-refractivity contribution in [3.05, 3.63) is 59.6 Å². The third-order valence-electron chi connectivity index (χ3n) is 3.98. The second-order valence-electron chi connectivity index (χ2n) is 5.74. The van der Waals surface area contributed by atoms with Gasteiger partial charge in [-0.15, -0.1) is 0 Å². The summed E-state index contributed by atoms with van der Waals surface area (Å²) < 4.78 is 12.2. The molecule has 0 fully saturated rings. The van der Waals surface area contributed by atoms with E-state index in [1.807, 2.05) is 18.2 Å². The Morgan fingerprint density at radius 3 is 2.92 bits per heavy atom. The lowest BCUT2D eigenvalue weighted by atomic mass is 10.1. The molecule has 1 aliphatic rings. The van der Waals surface area contributed by atoms with Crippen molar-refractivity contribution < 1.29 is 14.3 Å². The molecule has 0 saturated heterocycles. The molecule has 132 valence electrons. The average Bonchev–Trinajstić information content (AvgIpc) is 3.31. The van der Waals surface area contributed by atoms with Gasteiger partial charge in [0.25, 0.3) is 0 Å². The lowest BCUT2D eigenvalue weighted by molar-refractivity contribution is -0.116. The molecule has 1 N–H and O–H groups in total. The van der Waals surface area contributed by atoms with Gasteiger partial charge < -0.3 is 14.8 Å². The number of ether oxygens (including phenoxy) is 2. The van der Waals surface area contributed by atoms with E-state index < -0.39 is 0 Å². The number of carbonyl (C=O) groups is 1. The van der Waals surface area contributed by atoms with Crippen molar-refractivity contribution in [1.29, 1.82) is 0 Å². The Bertz CT molecular complexity index is 944. The standard InChI is InChI=1S/C18H15ClN4O3/c19-13-3-4-15(23-10-20-9-21-23)14(8-13)22-18(24)6-2-12-1-5-16-17(7-12)26-11-25-16/h1,3-5,7-10H,2,6,11H2,(H,22,24). The molecule has 0 aliphatic carbocycles. The van der Waals surface area contributed by atoms with E-state index in [0.29, 0.717) is 35.0 Å².